The van der Waals surface area contributed by atoms with Gasteiger partial charge in [-0.05, 0) is 96.5 Å². The molecule has 10 unspecified atom stereocenters. The summed E-state index contributed by atoms with van der Waals surface area (Å²) in [5.74, 6) is -1.25. The molecule has 3 saturated carbocycles. The monoisotopic (exact) mass is 1020 g/mol. The SMILES string of the molecule is C=C1C=CC2(C)C(=C1)CCC1C2C(=O)CC2(C)C(C(=O)COC(=O)CNC(=O)C(CSC(C)C(C)SCC(NC(C)(C)C)C(=O)NCC)NC(=O)CCC(C)(C)OCNCC(=O)C(C)C)CCC12.CO. The molecule has 0 saturated heterocycles. The second-order valence-corrected chi connectivity index (χ2v) is 24.7. The number of likely N-dealkylation sites (N-methyl/N-ethyl adjacent to an activating group) is 1. The van der Waals surface area contributed by atoms with Crippen LogP contribution in [0.25, 0.3) is 0 Å². The molecule has 4 aliphatic carbocycles. The molecular weight excluding hydrogens is 931 g/mol. The van der Waals surface area contributed by atoms with Gasteiger partial charge in [-0.1, -0.05) is 71.9 Å². The largest absolute Gasteiger partial charge is 0.456 e. The highest BCUT2D eigenvalue weighted by Crippen LogP contribution is 2.65. The Balaban J connectivity index is 0.00000639. The Hall–Kier alpha value is -3.35. The highest BCUT2D eigenvalue weighted by Gasteiger charge is 2.62. The van der Waals surface area contributed by atoms with Gasteiger partial charge in [0.05, 0.1) is 24.9 Å². The maximum absolute atomic E-state index is 14.1. The Kier molecular flexibility index (Phi) is 23.6. The van der Waals surface area contributed by atoms with Gasteiger partial charge >= 0.3 is 5.97 Å². The zero-order chi connectivity index (χ0) is 52.8. The van der Waals surface area contributed by atoms with Crippen LogP contribution in [0.1, 0.15) is 128 Å². The fourth-order valence-corrected chi connectivity index (χ4v) is 13.0. The van der Waals surface area contributed by atoms with Crippen LogP contribution in [0, 0.1) is 40.4 Å². The van der Waals surface area contributed by atoms with E-state index in [0.29, 0.717) is 31.6 Å². The van der Waals surface area contributed by atoms with Crippen LogP contribution in [0.4, 0.5) is 0 Å². The molecule has 0 radical (unpaired) electrons. The Bertz CT molecular complexity index is 1930. The van der Waals surface area contributed by atoms with Crippen molar-refractivity contribution in [1.29, 1.82) is 0 Å². The lowest BCUT2D eigenvalue weighted by atomic mass is 9.47. The zero-order valence-corrected chi connectivity index (χ0v) is 46.1. The summed E-state index contributed by atoms with van der Waals surface area (Å²) in [6.45, 7) is 27.7. The fourth-order valence-electron chi connectivity index (χ4n) is 10.6. The standard InChI is InChI=1S/C52H83N5O9S2.CH4O/c1-14-54-48(64)40(57-49(7,8)9)29-68-34(6)33(5)67-28-39(56-44(61)20-21-50(10,11)66-30-53-25-42(59)31(2)3)47(63)55-26-45(62)65-27-43(60)38-18-17-37-36-16-15-35-23-32(4)19-22-51(35,12)46(36)41(58)24-52(37,38)13;1-2/h19,22-23,31,33-34,36-40,46,53,57H,4,14-18,20-21,24-30H2,1-3,5-13H3,(H,54,64)(H,55,63)(H,56,61);2H,1H3. The number of ether oxygens (including phenoxy) is 2. The van der Waals surface area contributed by atoms with Crippen molar-refractivity contribution in [2.75, 3.05) is 51.6 Å². The number of nitrogens with one attached hydrogen (secondary N) is 5. The van der Waals surface area contributed by atoms with Crippen LogP contribution in [-0.4, -0.2) is 131 Å². The van der Waals surface area contributed by atoms with E-state index in [1.807, 2.05) is 68.4 Å². The van der Waals surface area contributed by atoms with Crippen molar-refractivity contribution in [3.05, 3.63) is 36.0 Å². The van der Waals surface area contributed by atoms with Gasteiger partial charge in [0.15, 0.2) is 5.78 Å². The molecule has 70 heavy (non-hydrogen) atoms. The van der Waals surface area contributed by atoms with Crippen LogP contribution in [-0.2, 0) is 43.0 Å². The Morgan fingerprint density at radius 2 is 1.53 bits per heavy atom. The number of rotatable bonds is 26. The van der Waals surface area contributed by atoms with Gasteiger partial charge in [-0.25, -0.2) is 0 Å². The average molecular weight is 1020 g/mol. The quantitative estimate of drug-likeness (QED) is 0.0339. The Morgan fingerprint density at radius 3 is 2.14 bits per heavy atom. The summed E-state index contributed by atoms with van der Waals surface area (Å²) in [6.07, 6.45) is 10.3. The molecule has 4 rings (SSSR count). The van der Waals surface area contributed by atoms with E-state index >= 15 is 0 Å². The average Bonchev–Trinajstić information content (AvgIpc) is 3.64. The number of aliphatic hydroxyl groups excluding tert-OH is 1. The maximum atomic E-state index is 14.1. The molecule has 0 aromatic carbocycles. The third-order valence-electron chi connectivity index (χ3n) is 14.6. The van der Waals surface area contributed by atoms with Crippen LogP contribution in [0.3, 0.4) is 0 Å². The number of carbonyl (C=O) groups excluding carboxylic acids is 7. The van der Waals surface area contributed by atoms with Crippen molar-refractivity contribution in [2.45, 2.75) is 162 Å². The molecule has 0 spiro atoms. The molecule has 0 aliphatic heterocycles. The number of aliphatic hydroxyl groups is 1. The third kappa shape index (κ3) is 17.1. The minimum absolute atomic E-state index is 0.0116. The molecule has 15 nitrogen and oxygen atoms in total. The first-order valence-electron chi connectivity index (χ1n) is 25.2. The number of esters is 1. The molecule has 0 bridgehead atoms. The molecule has 396 valence electrons. The Morgan fingerprint density at radius 1 is 0.900 bits per heavy atom. The first-order chi connectivity index (χ1) is 32.7. The molecule has 0 aromatic heterocycles. The molecule has 10 atom stereocenters. The summed E-state index contributed by atoms with van der Waals surface area (Å²) in [7, 11) is 1.00. The predicted octanol–water partition coefficient (Wildman–Crippen LogP) is 5.88. The van der Waals surface area contributed by atoms with E-state index in [-0.39, 0.29) is 99.7 Å². The van der Waals surface area contributed by atoms with Crippen molar-refractivity contribution in [1.82, 2.24) is 26.6 Å². The van der Waals surface area contributed by atoms with Crippen LogP contribution in [0.2, 0.25) is 0 Å². The Labute approximate surface area is 427 Å². The van der Waals surface area contributed by atoms with Crippen LogP contribution >= 0.6 is 23.5 Å². The van der Waals surface area contributed by atoms with Crippen molar-refractivity contribution in [3.63, 3.8) is 0 Å². The number of allylic oxidation sites excluding steroid dienone is 5. The number of fused-ring (bicyclic) bond motifs is 5. The zero-order valence-electron chi connectivity index (χ0n) is 44.5. The maximum Gasteiger partial charge on any atom is 0.325 e. The van der Waals surface area contributed by atoms with E-state index in [0.717, 1.165) is 31.9 Å². The summed E-state index contributed by atoms with van der Waals surface area (Å²) < 4.78 is 11.4. The van der Waals surface area contributed by atoms with Gasteiger partial charge in [0, 0.05) is 77.2 Å². The van der Waals surface area contributed by atoms with E-state index in [4.69, 9.17) is 14.6 Å². The summed E-state index contributed by atoms with van der Waals surface area (Å²) in [5.41, 5.74) is 0.371. The third-order valence-corrected chi connectivity index (χ3v) is 17.7. The fraction of sp³-hybridized carbons (Fsp3) is 0.755. The van der Waals surface area contributed by atoms with Gasteiger partial charge in [-0.3, -0.25) is 38.9 Å². The molecule has 6 N–H and O–H groups in total. The van der Waals surface area contributed by atoms with Crippen LogP contribution in [0.5, 0.6) is 0 Å². The smallest absolute Gasteiger partial charge is 0.325 e. The summed E-state index contributed by atoms with van der Waals surface area (Å²) >= 11 is 3.15. The lowest BCUT2D eigenvalue weighted by Crippen LogP contribution is -2.54. The second kappa shape index (κ2) is 27.1. The van der Waals surface area contributed by atoms with Crippen molar-refractivity contribution >= 4 is 64.6 Å². The van der Waals surface area contributed by atoms with Gasteiger partial charge in [-0.2, -0.15) is 23.5 Å². The number of Topliss-reactive ketones (excluding diaryl/α,β-unsaturated/α-hetero) is 3. The number of amides is 3. The number of carbonyl (C=O) groups is 7. The van der Waals surface area contributed by atoms with Gasteiger partial charge in [-0.15, -0.1) is 0 Å². The lowest BCUT2D eigenvalue weighted by molar-refractivity contribution is -0.153. The molecule has 17 heteroatoms. The van der Waals surface area contributed by atoms with Gasteiger partial charge in [0.25, 0.3) is 0 Å². The summed E-state index contributed by atoms with van der Waals surface area (Å²) in [4.78, 5) is 93.1. The molecule has 0 aromatic rings. The first kappa shape index (κ1) is 61.0. The van der Waals surface area contributed by atoms with E-state index in [1.165, 1.54) is 17.3 Å². The normalized spacial score (nSPS) is 25.7. The molecule has 3 fully saturated rings. The predicted molar refractivity (Wildman–Crippen MR) is 280 cm³/mol. The van der Waals surface area contributed by atoms with Crippen LogP contribution < -0.4 is 26.6 Å². The van der Waals surface area contributed by atoms with Crippen LogP contribution in [0.15, 0.2) is 36.0 Å². The molecule has 4 aliphatic rings. The molecular formula is C53H87N5O10S2. The van der Waals surface area contributed by atoms with E-state index in [2.05, 4.69) is 66.1 Å². The number of thioether (sulfide) groups is 2. The topological polar surface area (TPSA) is 218 Å². The van der Waals surface area contributed by atoms with E-state index in [9.17, 15) is 33.6 Å². The van der Waals surface area contributed by atoms with E-state index < -0.39 is 54.0 Å². The highest BCUT2D eigenvalue weighted by molar-refractivity contribution is 8.03. The number of hydrogen-bond donors (Lipinski definition) is 6. The van der Waals surface area contributed by atoms with Crippen molar-refractivity contribution < 1.29 is 48.1 Å². The van der Waals surface area contributed by atoms with Gasteiger partial charge in [0.1, 0.15) is 30.8 Å². The number of ketones is 3. The van der Waals surface area contributed by atoms with Crippen molar-refractivity contribution in [3.8, 4) is 0 Å². The minimum atomic E-state index is -1.00. The van der Waals surface area contributed by atoms with Gasteiger partial charge < -0.3 is 35.8 Å². The van der Waals surface area contributed by atoms with Gasteiger partial charge in [0.2, 0.25) is 17.7 Å². The van der Waals surface area contributed by atoms with E-state index in [1.54, 1.807) is 11.8 Å². The molecule has 3 amide bonds. The second-order valence-electron chi connectivity index (χ2n) is 21.9. The first-order valence-corrected chi connectivity index (χ1v) is 27.3. The summed E-state index contributed by atoms with van der Waals surface area (Å²) in [5, 5.41) is 21.9. The highest BCUT2D eigenvalue weighted by atomic mass is 32.2. The van der Waals surface area contributed by atoms with Crippen molar-refractivity contribution in [2.24, 2.45) is 40.4 Å². The summed E-state index contributed by atoms with van der Waals surface area (Å²) in [6, 6.07) is -1.40. The number of hydrogen-bond acceptors (Lipinski definition) is 14. The lowest BCUT2D eigenvalue weighted by Gasteiger charge is -2.55. The molecule has 0 heterocycles. The minimum Gasteiger partial charge on any atom is -0.456 e.